The summed E-state index contributed by atoms with van der Waals surface area (Å²) in [5, 5.41) is 0. The molecule has 0 saturated heterocycles. The topological polar surface area (TPSA) is 35.5 Å². The van der Waals surface area contributed by atoms with E-state index in [0.29, 0.717) is 6.61 Å². The first-order valence-electron chi connectivity index (χ1n) is 3.57. The largest absolute Gasteiger partial charge is 0.502 e. The number of carbonyl (C=O) groups excluding carboxylic acids is 1. The van der Waals surface area contributed by atoms with Crippen molar-refractivity contribution in [2.24, 2.45) is 0 Å². The summed E-state index contributed by atoms with van der Waals surface area (Å²) in [5.74, 6) is 0.516. The highest BCUT2D eigenvalue weighted by Crippen LogP contribution is 1.96. The van der Waals surface area contributed by atoms with Gasteiger partial charge in [-0.25, -0.2) is 0 Å². The lowest BCUT2D eigenvalue weighted by Gasteiger charge is -1.99. The molecule has 0 atom stereocenters. The van der Waals surface area contributed by atoms with E-state index in [2.05, 4.69) is 0 Å². The standard InChI is InChI=1S/C8H14O3/c1-4-11-8(9)6-5-7(2)10-3/h5H,4,6H2,1-3H3/b7-5+. The molecule has 11 heavy (non-hydrogen) atoms. The fourth-order valence-corrected chi connectivity index (χ4v) is 0.530. The molecule has 0 rings (SSSR count). The van der Waals surface area contributed by atoms with Crippen LogP contribution in [0.5, 0.6) is 0 Å². The third kappa shape index (κ3) is 5.45. The minimum absolute atomic E-state index is 0.219. The van der Waals surface area contributed by atoms with Crippen molar-refractivity contribution in [3.05, 3.63) is 11.8 Å². The Kier molecular flexibility index (Phi) is 5.25. The Bertz CT molecular complexity index is 149. The lowest BCUT2D eigenvalue weighted by atomic mass is 10.4. The van der Waals surface area contributed by atoms with E-state index in [0.717, 1.165) is 5.76 Å². The maximum Gasteiger partial charge on any atom is 0.309 e. The molecule has 0 radical (unpaired) electrons. The van der Waals surface area contributed by atoms with Gasteiger partial charge in [0.25, 0.3) is 0 Å². The van der Waals surface area contributed by atoms with Crippen LogP contribution in [0, 0.1) is 0 Å². The van der Waals surface area contributed by atoms with E-state index < -0.39 is 0 Å². The van der Waals surface area contributed by atoms with Gasteiger partial charge in [-0.2, -0.15) is 0 Å². The van der Waals surface area contributed by atoms with E-state index >= 15 is 0 Å². The number of methoxy groups -OCH3 is 1. The molecule has 0 bridgehead atoms. The second-order valence-corrected chi connectivity index (χ2v) is 2.03. The van der Waals surface area contributed by atoms with Crippen LogP contribution in [0.2, 0.25) is 0 Å². The van der Waals surface area contributed by atoms with Crippen LogP contribution in [0.1, 0.15) is 20.3 Å². The number of carbonyl (C=O) groups is 1. The van der Waals surface area contributed by atoms with Gasteiger partial charge in [-0.1, -0.05) is 0 Å². The van der Waals surface area contributed by atoms with Crippen molar-refractivity contribution in [3.63, 3.8) is 0 Å². The normalized spacial score (nSPS) is 11.0. The summed E-state index contributed by atoms with van der Waals surface area (Å²) in [5.41, 5.74) is 0. The fourth-order valence-electron chi connectivity index (χ4n) is 0.530. The van der Waals surface area contributed by atoms with Gasteiger partial charge in [0.05, 0.1) is 25.9 Å². The van der Waals surface area contributed by atoms with Gasteiger partial charge in [-0.15, -0.1) is 0 Å². The maximum atomic E-state index is 10.7. The van der Waals surface area contributed by atoms with Crippen molar-refractivity contribution in [2.75, 3.05) is 13.7 Å². The molecular formula is C8H14O3. The first kappa shape index (κ1) is 10.0. The summed E-state index contributed by atoms with van der Waals surface area (Å²) in [6.07, 6.45) is 1.98. The quantitative estimate of drug-likeness (QED) is 0.459. The van der Waals surface area contributed by atoms with Gasteiger partial charge in [0, 0.05) is 0 Å². The van der Waals surface area contributed by atoms with Crippen LogP contribution in [0.15, 0.2) is 11.8 Å². The first-order valence-corrected chi connectivity index (χ1v) is 3.57. The van der Waals surface area contributed by atoms with Gasteiger partial charge >= 0.3 is 5.97 Å². The SMILES string of the molecule is CCOC(=O)C/C=C(\C)OC. The molecule has 0 fully saturated rings. The van der Waals surface area contributed by atoms with Gasteiger partial charge < -0.3 is 9.47 Å². The zero-order valence-corrected chi connectivity index (χ0v) is 7.22. The van der Waals surface area contributed by atoms with Crippen LogP contribution in [-0.2, 0) is 14.3 Å². The van der Waals surface area contributed by atoms with Crippen molar-refractivity contribution < 1.29 is 14.3 Å². The predicted octanol–water partition coefficient (Wildman–Crippen LogP) is 1.49. The van der Waals surface area contributed by atoms with Gasteiger partial charge in [0.2, 0.25) is 0 Å². The predicted molar refractivity (Wildman–Crippen MR) is 42.0 cm³/mol. The molecule has 0 amide bonds. The van der Waals surface area contributed by atoms with Crippen LogP contribution < -0.4 is 0 Å². The zero-order chi connectivity index (χ0) is 8.69. The summed E-state index contributed by atoms with van der Waals surface area (Å²) in [4.78, 5) is 10.7. The van der Waals surface area contributed by atoms with Crippen LogP contribution >= 0.6 is 0 Å². The smallest absolute Gasteiger partial charge is 0.309 e. The van der Waals surface area contributed by atoms with Crippen molar-refractivity contribution in [3.8, 4) is 0 Å². The number of allylic oxidation sites excluding steroid dienone is 1. The Balaban J connectivity index is 3.60. The average Bonchev–Trinajstić information content (AvgIpc) is 2.01. The molecular weight excluding hydrogens is 144 g/mol. The second-order valence-electron chi connectivity index (χ2n) is 2.03. The molecule has 0 aliphatic heterocycles. The van der Waals surface area contributed by atoms with Gasteiger partial charge in [0.15, 0.2) is 0 Å². The molecule has 0 saturated carbocycles. The lowest BCUT2D eigenvalue weighted by molar-refractivity contribution is -0.142. The Morgan fingerprint density at radius 1 is 1.55 bits per heavy atom. The molecule has 0 aliphatic rings. The minimum atomic E-state index is -0.219. The van der Waals surface area contributed by atoms with Crippen LogP contribution in [0.25, 0.3) is 0 Å². The number of hydrogen-bond donors (Lipinski definition) is 0. The number of ether oxygens (including phenoxy) is 2. The third-order valence-corrected chi connectivity index (χ3v) is 1.18. The molecule has 0 aliphatic carbocycles. The molecule has 64 valence electrons. The van der Waals surface area contributed by atoms with Crippen LogP contribution in [0.3, 0.4) is 0 Å². The molecule has 0 unspecified atom stereocenters. The van der Waals surface area contributed by atoms with E-state index in [1.54, 1.807) is 27.0 Å². The van der Waals surface area contributed by atoms with Crippen molar-refractivity contribution in [1.82, 2.24) is 0 Å². The fraction of sp³-hybridized carbons (Fsp3) is 0.625. The van der Waals surface area contributed by atoms with Gasteiger partial charge in [0.1, 0.15) is 0 Å². The number of rotatable bonds is 4. The lowest BCUT2D eigenvalue weighted by Crippen LogP contribution is -2.02. The van der Waals surface area contributed by atoms with E-state index in [1.165, 1.54) is 0 Å². The van der Waals surface area contributed by atoms with Crippen molar-refractivity contribution in [1.29, 1.82) is 0 Å². The van der Waals surface area contributed by atoms with Crippen LogP contribution in [-0.4, -0.2) is 19.7 Å². The third-order valence-electron chi connectivity index (χ3n) is 1.18. The minimum Gasteiger partial charge on any atom is -0.502 e. The Morgan fingerprint density at radius 2 is 2.18 bits per heavy atom. The molecule has 0 aromatic rings. The van der Waals surface area contributed by atoms with E-state index in [1.807, 2.05) is 0 Å². The van der Waals surface area contributed by atoms with Crippen molar-refractivity contribution in [2.45, 2.75) is 20.3 Å². The maximum absolute atomic E-state index is 10.7. The highest BCUT2D eigenvalue weighted by molar-refractivity contribution is 5.71. The first-order chi connectivity index (χ1) is 5.20. The molecule has 0 aromatic carbocycles. The van der Waals surface area contributed by atoms with Crippen LogP contribution in [0.4, 0.5) is 0 Å². The molecule has 3 nitrogen and oxygen atoms in total. The summed E-state index contributed by atoms with van der Waals surface area (Å²) >= 11 is 0. The number of esters is 1. The Morgan fingerprint density at radius 3 is 2.64 bits per heavy atom. The number of hydrogen-bond acceptors (Lipinski definition) is 3. The highest BCUT2D eigenvalue weighted by Gasteiger charge is 1.97. The van der Waals surface area contributed by atoms with E-state index in [9.17, 15) is 4.79 Å². The molecule has 3 heteroatoms. The summed E-state index contributed by atoms with van der Waals surface area (Å²) in [7, 11) is 1.57. The average molecular weight is 158 g/mol. The summed E-state index contributed by atoms with van der Waals surface area (Å²) < 4.78 is 9.53. The highest BCUT2D eigenvalue weighted by atomic mass is 16.5. The second kappa shape index (κ2) is 5.77. The van der Waals surface area contributed by atoms with Crippen molar-refractivity contribution >= 4 is 5.97 Å². The zero-order valence-electron chi connectivity index (χ0n) is 7.22. The Hall–Kier alpha value is -0.990. The summed E-state index contributed by atoms with van der Waals surface area (Å²) in [6.45, 7) is 4.00. The van der Waals surface area contributed by atoms with Gasteiger partial charge in [-0.05, 0) is 19.9 Å². The monoisotopic (exact) mass is 158 g/mol. The molecule has 0 N–H and O–H groups in total. The molecule has 0 spiro atoms. The Labute approximate surface area is 67.0 Å². The van der Waals surface area contributed by atoms with Gasteiger partial charge in [-0.3, -0.25) is 4.79 Å². The van der Waals surface area contributed by atoms with E-state index in [4.69, 9.17) is 9.47 Å². The summed E-state index contributed by atoms with van der Waals surface area (Å²) in [6, 6.07) is 0. The van der Waals surface area contributed by atoms with E-state index in [-0.39, 0.29) is 12.4 Å². The molecule has 0 heterocycles. The molecule has 0 aromatic heterocycles.